The molecule has 1 aromatic heterocycles. The summed E-state index contributed by atoms with van der Waals surface area (Å²) >= 11 is 0. The molecule has 2 N–H and O–H groups in total. The van der Waals surface area contributed by atoms with Crippen molar-refractivity contribution in [3.05, 3.63) is 84.1 Å². The number of carbonyl (C=O) groups is 1. The molecule has 0 saturated heterocycles. The molecule has 0 unspecified atom stereocenters. The van der Waals surface area contributed by atoms with Gasteiger partial charge in [0.1, 0.15) is 0 Å². The van der Waals surface area contributed by atoms with Gasteiger partial charge in [-0.1, -0.05) is 42.5 Å². The van der Waals surface area contributed by atoms with E-state index in [9.17, 15) is 13.2 Å². The molecule has 156 valence electrons. The number of nitrogens with one attached hydrogen (secondary N) is 2. The number of aromatic nitrogens is 1. The standard InChI is InChI=1S/C24H21N3O3S/c1-31(29,30)20-10-8-16(9-11-20)17-6-7-18-14-27(15-19(18)12-17)24(28)26-23-13-25-22-5-3-2-4-21(22)23/h2-13,25H,14-15H2,1H3,(H,26,28). The molecule has 0 aliphatic carbocycles. The van der Waals surface area contributed by atoms with E-state index in [4.69, 9.17) is 0 Å². The van der Waals surface area contributed by atoms with E-state index in [0.29, 0.717) is 18.0 Å². The number of urea groups is 1. The summed E-state index contributed by atoms with van der Waals surface area (Å²) in [5.74, 6) is 0. The third-order valence-corrected chi connectivity index (χ3v) is 6.79. The summed E-state index contributed by atoms with van der Waals surface area (Å²) in [7, 11) is -3.22. The third-order valence-electron chi connectivity index (χ3n) is 5.66. The number of fused-ring (bicyclic) bond motifs is 2. The van der Waals surface area contributed by atoms with Gasteiger partial charge >= 0.3 is 6.03 Å². The summed E-state index contributed by atoms with van der Waals surface area (Å²) in [5, 5.41) is 3.99. The van der Waals surface area contributed by atoms with Gasteiger partial charge in [-0.2, -0.15) is 0 Å². The van der Waals surface area contributed by atoms with Crippen molar-refractivity contribution in [1.29, 1.82) is 0 Å². The van der Waals surface area contributed by atoms with Gasteiger partial charge in [0.2, 0.25) is 0 Å². The minimum absolute atomic E-state index is 0.139. The number of H-pyrrole nitrogens is 1. The van der Waals surface area contributed by atoms with E-state index in [2.05, 4.69) is 16.4 Å². The highest BCUT2D eigenvalue weighted by Crippen LogP contribution is 2.30. The number of anilines is 1. The van der Waals surface area contributed by atoms with Crippen LogP contribution in [0.2, 0.25) is 0 Å². The number of hydrogen-bond donors (Lipinski definition) is 2. The molecule has 2 amide bonds. The molecule has 6 nitrogen and oxygen atoms in total. The maximum absolute atomic E-state index is 12.9. The number of rotatable bonds is 3. The van der Waals surface area contributed by atoms with Crippen LogP contribution < -0.4 is 5.32 Å². The van der Waals surface area contributed by atoms with Crippen molar-refractivity contribution in [2.45, 2.75) is 18.0 Å². The first-order valence-corrected chi connectivity index (χ1v) is 11.8. The van der Waals surface area contributed by atoms with Crippen LogP contribution in [-0.2, 0) is 22.9 Å². The summed E-state index contributed by atoms with van der Waals surface area (Å²) in [6.07, 6.45) is 3.01. The number of sulfone groups is 1. The van der Waals surface area contributed by atoms with E-state index < -0.39 is 9.84 Å². The lowest BCUT2D eigenvalue weighted by atomic mass is 10.0. The van der Waals surface area contributed by atoms with Crippen LogP contribution in [0.4, 0.5) is 10.5 Å². The fourth-order valence-corrected chi connectivity index (χ4v) is 4.61. The predicted molar refractivity (Wildman–Crippen MR) is 122 cm³/mol. The molecule has 3 aromatic carbocycles. The molecular weight excluding hydrogens is 410 g/mol. The molecule has 31 heavy (non-hydrogen) atoms. The number of para-hydroxylation sites is 1. The largest absolute Gasteiger partial charge is 0.359 e. The number of carbonyl (C=O) groups excluding carboxylic acids is 1. The van der Waals surface area contributed by atoms with Gasteiger partial charge < -0.3 is 15.2 Å². The van der Waals surface area contributed by atoms with Crippen molar-refractivity contribution in [3.8, 4) is 11.1 Å². The second-order valence-corrected chi connectivity index (χ2v) is 9.83. The predicted octanol–water partition coefficient (Wildman–Crippen LogP) is 4.79. The Bertz CT molecular complexity index is 1410. The summed E-state index contributed by atoms with van der Waals surface area (Å²) in [6.45, 7) is 1.08. The molecule has 1 aliphatic heterocycles. The molecule has 4 aromatic rings. The molecule has 0 radical (unpaired) electrons. The van der Waals surface area contributed by atoms with E-state index in [-0.39, 0.29) is 6.03 Å². The Morgan fingerprint density at radius 3 is 2.42 bits per heavy atom. The number of nitrogens with zero attached hydrogens (tertiary/aromatic N) is 1. The highest BCUT2D eigenvalue weighted by atomic mass is 32.2. The molecular formula is C24H21N3O3S. The van der Waals surface area contributed by atoms with E-state index in [1.807, 2.05) is 54.7 Å². The Morgan fingerprint density at radius 2 is 1.65 bits per heavy atom. The van der Waals surface area contributed by atoms with Crippen molar-refractivity contribution in [2.75, 3.05) is 11.6 Å². The van der Waals surface area contributed by atoms with Gasteiger partial charge in [0.15, 0.2) is 9.84 Å². The summed E-state index contributed by atoms with van der Waals surface area (Å²) in [6, 6.07) is 20.7. The zero-order valence-electron chi connectivity index (χ0n) is 16.9. The SMILES string of the molecule is CS(=O)(=O)c1ccc(-c2ccc3c(c2)CN(C(=O)Nc2c[nH]c4ccccc24)C3)cc1. The lowest BCUT2D eigenvalue weighted by molar-refractivity contribution is 0.212. The van der Waals surface area contributed by atoms with Crippen LogP contribution in [0.25, 0.3) is 22.0 Å². The van der Waals surface area contributed by atoms with Gasteiger partial charge in [0.25, 0.3) is 0 Å². The maximum atomic E-state index is 12.9. The maximum Gasteiger partial charge on any atom is 0.322 e. The Hall–Kier alpha value is -3.58. The van der Waals surface area contributed by atoms with Crippen molar-refractivity contribution in [2.24, 2.45) is 0 Å². The highest BCUT2D eigenvalue weighted by molar-refractivity contribution is 7.90. The quantitative estimate of drug-likeness (QED) is 0.489. The first-order chi connectivity index (χ1) is 14.9. The van der Waals surface area contributed by atoms with Gasteiger partial charge in [-0.3, -0.25) is 0 Å². The molecule has 0 bridgehead atoms. The van der Waals surface area contributed by atoms with Crippen molar-refractivity contribution < 1.29 is 13.2 Å². The van der Waals surface area contributed by atoms with Crippen LogP contribution in [0.3, 0.4) is 0 Å². The fourth-order valence-electron chi connectivity index (χ4n) is 3.98. The lowest BCUT2D eigenvalue weighted by Gasteiger charge is -2.16. The van der Waals surface area contributed by atoms with Gasteiger partial charge in [0, 0.05) is 36.4 Å². The molecule has 0 spiro atoms. The number of hydrogen-bond acceptors (Lipinski definition) is 3. The van der Waals surface area contributed by atoms with Gasteiger partial charge in [-0.15, -0.1) is 0 Å². The average molecular weight is 432 g/mol. The number of amides is 2. The summed E-state index contributed by atoms with van der Waals surface area (Å²) in [5.41, 5.74) is 5.90. The van der Waals surface area contributed by atoms with Gasteiger partial charge in [0.05, 0.1) is 10.6 Å². The first kappa shape index (κ1) is 19.4. The molecule has 5 rings (SSSR count). The van der Waals surface area contributed by atoms with Crippen LogP contribution in [0.5, 0.6) is 0 Å². The Balaban J connectivity index is 1.33. The van der Waals surface area contributed by atoms with E-state index in [1.54, 1.807) is 17.0 Å². The summed E-state index contributed by atoms with van der Waals surface area (Å²) < 4.78 is 23.3. The second kappa shape index (κ2) is 7.28. The molecule has 0 atom stereocenters. The topological polar surface area (TPSA) is 82.3 Å². The fraction of sp³-hybridized carbons (Fsp3) is 0.125. The molecule has 2 heterocycles. The second-order valence-electron chi connectivity index (χ2n) is 7.81. The van der Waals surface area contributed by atoms with Crippen LogP contribution >= 0.6 is 0 Å². The van der Waals surface area contributed by atoms with Crippen LogP contribution in [0, 0.1) is 0 Å². The Labute approximate surface area is 180 Å². The first-order valence-electron chi connectivity index (χ1n) is 9.93. The smallest absolute Gasteiger partial charge is 0.322 e. The minimum atomic E-state index is -3.22. The Kier molecular flexibility index (Phi) is 4.55. The monoisotopic (exact) mass is 431 g/mol. The van der Waals surface area contributed by atoms with E-state index in [1.165, 1.54) is 6.26 Å². The van der Waals surface area contributed by atoms with Gasteiger partial charge in [-0.05, 0) is 46.5 Å². The average Bonchev–Trinajstić information content (AvgIpc) is 3.37. The highest BCUT2D eigenvalue weighted by Gasteiger charge is 2.24. The van der Waals surface area contributed by atoms with Crippen molar-refractivity contribution in [1.82, 2.24) is 9.88 Å². The number of aromatic amines is 1. The summed E-state index contributed by atoms with van der Waals surface area (Å²) in [4.78, 5) is 18.1. The normalized spacial score (nSPS) is 13.4. The zero-order valence-corrected chi connectivity index (χ0v) is 17.7. The molecule has 0 saturated carbocycles. The van der Waals surface area contributed by atoms with E-state index >= 15 is 0 Å². The lowest BCUT2D eigenvalue weighted by Crippen LogP contribution is -2.30. The minimum Gasteiger partial charge on any atom is -0.359 e. The van der Waals surface area contributed by atoms with Crippen molar-refractivity contribution in [3.63, 3.8) is 0 Å². The van der Waals surface area contributed by atoms with Crippen LogP contribution in [0.15, 0.2) is 77.8 Å². The van der Waals surface area contributed by atoms with E-state index in [0.717, 1.165) is 38.8 Å². The van der Waals surface area contributed by atoms with Gasteiger partial charge in [-0.25, -0.2) is 13.2 Å². The third kappa shape index (κ3) is 3.68. The van der Waals surface area contributed by atoms with Crippen molar-refractivity contribution >= 4 is 32.5 Å². The molecule has 1 aliphatic rings. The number of benzene rings is 3. The Morgan fingerprint density at radius 1 is 0.935 bits per heavy atom. The molecule has 0 fully saturated rings. The van der Waals surface area contributed by atoms with Crippen LogP contribution in [-0.4, -0.2) is 30.6 Å². The molecule has 7 heteroatoms. The zero-order chi connectivity index (χ0) is 21.6. The van der Waals surface area contributed by atoms with Crippen LogP contribution in [0.1, 0.15) is 11.1 Å².